The number of aromatic nitrogens is 1. The van der Waals surface area contributed by atoms with Crippen molar-refractivity contribution in [2.45, 2.75) is 13.3 Å². The van der Waals surface area contributed by atoms with Gasteiger partial charge in [-0.1, -0.05) is 35.5 Å². The summed E-state index contributed by atoms with van der Waals surface area (Å²) in [5.41, 5.74) is 1.66. The first kappa shape index (κ1) is 16.2. The van der Waals surface area contributed by atoms with Crippen LogP contribution in [-0.4, -0.2) is 38.0 Å². The number of sulfone groups is 1. The lowest BCUT2D eigenvalue weighted by Gasteiger charge is -2.05. The summed E-state index contributed by atoms with van der Waals surface area (Å²) in [6.07, 6.45) is 1.54. The van der Waals surface area contributed by atoms with Crippen LogP contribution in [0.5, 0.6) is 0 Å². The third kappa shape index (κ3) is 4.17. The van der Waals surface area contributed by atoms with Crippen molar-refractivity contribution < 1.29 is 17.7 Å². The quantitative estimate of drug-likeness (QED) is 0.819. The molecule has 0 saturated carbocycles. The Morgan fingerprint density at radius 1 is 1.27 bits per heavy atom. The van der Waals surface area contributed by atoms with Crippen LogP contribution in [0.2, 0.25) is 0 Å². The van der Waals surface area contributed by atoms with Crippen LogP contribution in [0.25, 0.3) is 11.3 Å². The fourth-order valence-corrected chi connectivity index (χ4v) is 2.73. The van der Waals surface area contributed by atoms with Crippen LogP contribution in [0, 0.1) is 6.92 Å². The van der Waals surface area contributed by atoms with Gasteiger partial charge in [0.1, 0.15) is 26.9 Å². The van der Waals surface area contributed by atoms with E-state index >= 15 is 0 Å². The topological polar surface area (TPSA) is 89.3 Å². The summed E-state index contributed by atoms with van der Waals surface area (Å²) in [4.78, 5) is 12.3. The van der Waals surface area contributed by atoms with E-state index in [1.54, 1.807) is 6.92 Å². The zero-order valence-corrected chi connectivity index (χ0v) is 13.3. The Kier molecular flexibility index (Phi) is 4.97. The van der Waals surface area contributed by atoms with E-state index in [0.29, 0.717) is 23.4 Å². The second-order valence-electron chi connectivity index (χ2n) is 5.07. The average molecular weight is 322 g/mol. The minimum Gasteiger partial charge on any atom is -0.360 e. The fraction of sp³-hybridized carbons (Fsp3) is 0.333. The van der Waals surface area contributed by atoms with Gasteiger partial charge in [-0.25, -0.2) is 8.42 Å². The highest BCUT2D eigenvalue weighted by atomic mass is 32.2. The molecule has 0 aliphatic rings. The first-order chi connectivity index (χ1) is 10.4. The molecule has 2 rings (SSSR count). The van der Waals surface area contributed by atoms with Gasteiger partial charge in [0.2, 0.25) is 0 Å². The summed E-state index contributed by atoms with van der Waals surface area (Å²) in [6.45, 7) is 1.95. The van der Waals surface area contributed by atoms with E-state index in [1.165, 1.54) is 6.26 Å². The van der Waals surface area contributed by atoms with E-state index in [0.717, 1.165) is 5.56 Å². The molecule has 1 aromatic carbocycles. The van der Waals surface area contributed by atoms with Crippen molar-refractivity contribution in [3.63, 3.8) is 0 Å². The molecule has 0 saturated heterocycles. The maximum absolute atomic E-state index is 12.3. The van der Waals surface area contributed by atoms with E-state index in [1.807, 2.05) is 30.3 Å². The molecule has 0 spiro atoms. The third-order valence-electron chi connectivity index (χ3n) is 3.11. The number of rotatable bonds is 6. The first-order valence-corrected chi connectivity index (χ1v) is 8.92. The van der Waals surface area contributed by atoms with Crippen molar-refractivity contribution in [2.24, 2.45) is 0 Å². The average Bonchev–Trinajstić information content (AvgIpc) is 2.85. The van der Waals surface area contributed by atoms with Gasteiger partial charge in [-0.3, -0.25) is 4.79 Å². The zero-order chi connectivity index (χ0) is 16.2. The van der Waals surface area contributed by atoms with E-state index in [2.05, 4.69) is 10.5 Å². The van der Waals surface area contributed by atoms with Crippen molar-refractivity contribution in [2.75, 3.05) is 18.6 Å². The molecule has 0 aliphatic heterocycles. The molecular formula is C15H18N2O4S. The van der Waals surface area contributed by atoms with Gasteiger partial charge < -0.3 is 9.84 Å². The Morgan fingerprint density at radius 2 is 1.95 bits per heavy atom. The summed E-state index contributed by atoms with van der Waals surface area (Å²) >= 11 is 0. The van der Waals surface area contributed by atoms with E-state index < -0.39 is 9.84 Å². The largest absolute Gasteiger partial charge is 0.360 e. The Bertz CT molecular complexity index is 751. The lowest BCUT2D eigenvalue weighted by molar-refractivity contribution is 0.0952. The number of hydrogen-bond acceptors (Lipinski definition) is 5. The fourth-order valence-electron chi connectivity index (χ4n) is 2.06. The first-order valence-electron chi connectivity index (χ1n) is 6.86. The summed E-state index contributed by atoms with van der Waals surface area (Å²) in [7, 11) is -3.02. The van der Waals surface area contributed by atoms with Gasteiger partial charge in [-0.15, -0.1) is 0 Å². The van der Waals surface area contributed by atoms with Crippen molar-refractivity contribution >= 4 is 15.7 Å². The highest BCUT2D eigenvalue weighted by Gasteiger charge is 2.21. The van der Waals surface area contributed by atoms with Gasteiger partial charge in [0.05, 0.1) is 5.75 Å². The second kappa shape index (κ2) is 6.74. The molecule has 7 heteroatoms. The van der Waals surface area contributed by atoms with Crippen molar-refractivity contribution in [1.82, 2.24) is 10.5 Å². The normalized spacial score (nSPS) is 11.4. The van der Waals surface area contributed by atoms with Gasteiger partial charge in [-0.2, -0.15) is 0 Å². The Labute approximate surface area is 129 Å². The predicted molar refractivity (Wildman–Crippen MR) is 83.3 cm³/mol. The molecule has 0 radical (unpaired) electrons. The molecular weight excluding hydrogens is 304 g/mol. The van der Waals surface area contributed by atoms with Crippen LogP contribution in [0.1, 0.15) is 22.5 Å². The summed E-state index contributed by atoms with van der Waals surface area (Å²) in [6, 6.07) is 9.27. The highest BCUT2D eigenvalue weighted by Crippen LogP contribution is 2.24. The number of benzene rings is 1. The smallest absolute Gasteiger partial charge is 0.257 e. The molecule has 0 atom stereocenters. The maximum atomic E-state index is 12.3. The Morgan fingerprint density at radius 3 is 2.59 bits per heavy atom. The van der Waals surface area contributed by atoms with Crippen LogP contribution in [-0.2, 0) is 9.84 Å². The molecule has 22 heavy (non-hydrogen) atoms. The zero-order valence-electron chi connectivity index (χ0n) is 12.5. The number of carbonyl (C=O) groups is 1. The van der Waals surface area contributed by atoms with E-state index in [9.17, 15) is 13.2 Å². The van der Waals surface area contributed by atoms with Gasteiger partial charge in [0.15, 0.2) is 0 Å². The van der Waals surface area contributed by atoms with Crippen LogP contribution >= 0.6 is 0 Å². The third-order valence-corrected chi connectivity index (χ3v) is 4.14. The molecule has 2 aromatic rings. The van der Waals surface area contributed by atoms with Crippen molar-refractivity contribution in [3.8, 4) is 11.3 Å². The standard InChI is InChI=1S/C15H18N2O4S/c1-11-13(15(18)16-9-6-10-22(2,19)20)14(17-21-11)12-7-4-3-5-8-12/h3-5,7-8H,6,9-10H2,1-2H3,(H,16,18). The van der Waals surface area contributed by atoms with Crippen LogP contribution in [0.15, 0.2) is 34.9 Å². The number of amides is 1. The lowest BCUT2D eigenvalue weighted by Crippen LogP contribution is -2.26. The molecule has 118 valence electrons. The lowest BCUT2D eigenvalue weighted by atomic mass is 10.1. The molecule has 1 heterocycles. The number of nitrogens with one attached hydrogen (secondary N) is 1. The monoisotopic (exact) mass is 322 g/mol. The predicted octanol–water partition coefficient (Wildman–Crippen LogP) is 1.81. The summed E-state index contributed by atoms with van der Waals surface area (Å²) in [5.74, 6) is 0.159. The minimum absolute atomic E-state index is 0.0431. The molecule has 0 aliphatic carbocycles. The molecule has 0 fully saturated rings. The molecule has 0 unspecified atom stereocenters. The second-order valence-corrected chi connectivity index (χ2v) is 7.33. The number of aryl methyl sites for hydroxylation is 1. The van der Waals surface area contributed by atoms with E-state index in [-0.39, 0.29) is 18.2 Å². The molecule has 0 bridgehead atoms. The van der Waals surface area contributed by atoms with Crippen LogP contribution in [0.4, 0.5) is 0 Å². The maximum Gasteiger partial charge on any atom is 0.257 e. The van der Waals surface area contributed by atoms with E-state index in [4.69, 9.17) is 4.52 Å². The summed E-state index contributed by atoms with van der Waals surface area (Å²) < 4.78 is 27.2. The number of nitrogens with zero attached hydrogens (tertiary/aromatic N) is 1. The van der Waals surface area contributed by atoms with Gasteiger partial charge in [-0.05, 0) is 13.3 Å². The molecule has 1 aromatic heterocycles. The van der Waals surface area contributed by atoms with Gasteiger partial charge in [0, 0.05) is 18.4 Å². The van der Waals surface area contributed by atoms with Crippen molar-refractivity contribution in [1.29, 1.82) is 0 Å². The number of hydrogen-bond donors (Lipinski definition) is 1. The van der Waals surface area contributed by atoms with Crippen LogP contribution in [0.3, 0.4) is 0 Å². The molecule has 1 amide bonds. The number of carbonyl (C=O) groups excluding carboxylic acids is 1. The SMILES string of the molecule is Cc1onc(-c2ccccc2)c1C(=O)NCCCS(C)(=O)=O. The van der Waals surface area contributed by atoms with Crippen LogP contribution < -0.4 is 5.32 Å². The molecule has 6 nitrogen and oxygen atoms in total. The molecule has 1 N–H and O–H groups in total. The van der Waals surface area contributed by atoms with Gasteiger partial charge in [0.25, 0.3) is 5.91 Å². The Hall–Kier alpha value is -2.15. The van der Waals surface area contributed by atoms with Crippen molar-refractivity contribution in [3.05, 3.63) is 41.7 Å². The summed E-state index contributed by atoms with van der Waals surface area (Å²) in [5, 5.41) is 6.65. The van der Waals surface area contributed by atoms with Gasteiger partial charge >= 0.3 is 0 Å². The highest BCUT2D eigenvalue weighted by molar-refractivity contribution is 7.90. The minimum atomic E-state index is -3.02. The Balaban J connectivity index is 2.09.